The fourth-order valence-electron chi connectivity index (χ4n) is 2.03. The molecule has 0 spiro atoms. The molecule has 84 valence electrons. The number of aliphatic hydroxyl groups is 1. The Labute approximate surface area is 84.2 Å². The molecule has 2 fully saturated rings. The van der Waals surface area contributed by atoms with Gasteiger partial charge in [0.15, 0.2) is 0 Å². The van der Waals surface area contributed by atoms with Crippen molar-refractivity contribution in [2.24, 2.45) is 0 Å². The number of β-amino-alcohol motifs (C(OH)–C–C–N with tert-alkyl or cyclic N) is 1. The van der Waals surface area contributed by atoms with E-state index in [-0.39, 0.29) is 13.2 Å². The molecule has 0 unspecified atom stereocenters. The molecule has 2 saturated heterocycles. The first-order valence-electron chi connectivity index (χ1n) is 4.35. The van der Waals surface area contributed by atoms with Gasteiger partial charge in [-0.15, -0.1) is 0 Å². The van der Waals surface area contributed by atoms with Crippen molar-refractivity contribution in [2.45, 2.75) is 18.2 Å². The van der Waals surface area contributed by atoms with Crippen LogP contribution in [0.3, 0.4) is 0 Å². The molecule has 2 aliphatic heterocycles. The SMILES string of the molecule is O=C(O)N1C[C@H](O)[C@@H]2[C@H]1CON2C(=O)O. The Morgan fingerprint density at radius 3 is 2.47 bits per heavy atom. The van der Waals surface area contributed by atoms with Gasteiger partial charge in [0.05, 0.1) is 25.3 Å². The van der Waals surface area contributed by atoms with Crippen LogP contribution in [-0.2, 0) is 4.84 Å². The number of hydrogen-bond acceptors (Lipinski definition) is 4. The first-order valence-corrected chi connectivity index (χ1v) is 4.35. The second kappa shape index (κ2) is 3.24. The van der Waals surface area contributed by atoms with Crippen molar-refractivity contribution in [3.8, 4) is 0 Å². The molecule has 3 N–H and O–H groups in total. The Balaban J connectivity index is 2.20. The maximum atomic E-state index is 10.8. The second-order valence-electron chi connectivity index (χ2n) is 3.46. The lowest BCUT2D eigenvalue weighted by molar-refractivity contribution is -0.121. The molecule has 0 radical (unpaired) electrons. The van der Waals surface area contributed by atoms with Gasteiger partial charge in [-0.25, -0.2) is 9.59 Å². The normalized spacial score (nSPS) is 34.3. The Kier molecular flexibility index (Phi) is 2.16. The number of hydrogen-bond donors (Lipinski definition) is 3. The Morgan fingerprint density at radius 1 is 1.27 bits per heavy atom. The minimum Gasteiger partial charge on any atom is -0.465 e. The molecule has 8 heteroatoms. The summed E-state index contributed by atoms with van der Waals surface area (Å²) in [5, 5.41) is 27.7. The van der Waals surface area contributed by atoms with Gasteiger partial charge < -0.3 is 15.3 Å². The smallest absolute Gasteiger partial charge is 0.431 e. The van der Waals surface area contributed by atoms with Crippen LogP contribution in [0.15, 0.2) is 0 Å². The van der Waals surface area contributed by atoms with Crippen LogP contribution in [-0.4, -0.2) is 68.8 Å². The van der Waals surface area contributed by atoms with Gasteiger partial charge in [0.25, 0.3) is 0 Å². The maximum absolute atomic E-state index is 10.8. The standard InChI is InChI=1S/C7H10N2O6/c10-4-1-8(6(11)12)3-2-15-9(5(3)4)7(13)14/h3-5,10H,1-2H2,(H,11,12)(H,13,14)/t3-,4+,5+/m1/s1. The van der Waals surface area contributed by atoms with E-state index in [2.05, 4.69) is 0 Å². The summed E-state index contributed by atoms with van der Waals surface area (Å²) in [5.41, 5.74) is 0. The van der Waals surface area contributed by atoms with Crippen molar-refractivity contribution in [1.82, 2.24) is 9.96 Å². The van der Waals surface area contributed by atoms with Crippen LogP contribution >= 0.6 is 0 Å². The number of hydroxylamine groups is 2. The lowest BCUT2D eigenvalue weighted by atomic mass is 10.1. The van der Waals surface area contributed by atoms with E-state index in [0.29, 0.717) is 5.06 Å². The number of nitrogens with zero attached hydrogens (tertiary/aromatic N) is 2. The number of carboxylic acid groups (broad SMARTS) is 2. The number of aliphatic hydroxyl groups excluding tert-OH is 1. The van der Waals surface area contributed by atoms with Gasteiger partial charge in [0.1, 0.15) is 6.04 Å². The summed E-state index contributed by atoms with van der Waals surface area (Å²) in [6.45, 7) is -0.127. The van der Waals surface area contributed by atoms with Gasteiger partial charge in [-0.1, -0.05) is 0 Å². The van der Waals surface area contributed by atoms with Crippen LogP contribution in [0, 0.1) is 0 Å². The van der Waals surface area contributed by atoms with E-state index in [1.54, 1.807) is 0 Å². The van der Waals surface area contributed by atoms with E-state index < -0.39 is 30.4 Å². The Morgan fingerprint density at radius 2 is 1.93 bits per heavy atom. The topological polar surface area (TPSA) is 111 Å². The third kappa shape index (κ3) is 1.38. The summed E-state index contributed by atoms with van der Waals surface area (Å²) >= 11 is 0. The molecule has 8 nitrogen and oxygen atoms in total. The number of amides is 2. The minimum atomic E-state index is -1.33. The highest BCUT2D eigenvalue weighted by Gasteiger charge is 2.53. The van der Waals surface area contributed by atoms with Crippen molar-refractivity contribution in [1.29, 1.82) is 0 Å². The van der Waals surface area contributed by atoms with E-state index in [4.69, 9.17) is 15.1 Å². The van der Waals surface area contributed by atoms with Crippen molar-refractivity contribution >= 4 is 12.2 Å². The molecule has 3 atom stereocenters. The molecule has 2 aliphatic rings. The highest BCUT2D eigenvalue weighted by molar-refractivity contribution is 5.68. The highest BCUT2D eigenvalue weighted by Crippen LogP contribution is 2.29. The zero-order valence-electron chi connectivity index (χ0n) is 7.61. The molecule has 2 amide bonds. The molecule has 0 aromatic heterocycles. The monoisotopic (exact) mass is 218 g/mol. The Bertz CT molecular complexity index is 296. The number of rotatable bonds is 0. The Hall–Kier alpha value is -1.54. The van der Waals surface area contributed by atoms with Crippen LogP contribution < -0.4 is 0 Å². The average Bonchev–Trinajstić information content (AvgIpc) is 2.66. The molecular weight excluding hydrogens is 208 g/mol. The first-order chi connectivity index (χ1) is 7.02. The summed E-state index contributed by atoms with van der Waals surface area (Å²) < 4.78 is 0. The predicted molar refractivity (Wildman–Crippen MR) is 44.1 cm³/mol. The third-order valence-corrected chi connectivity index (χ3v) is 2.66. The number of fused-ring (bicyclic) bond motifs is 1. The molecule has 0 bridgehead atoms. The van der Waals surface area contributed by atoms with Gasteiger partial charge in [0, 0.05) is 0 Å². The van der Waals surface area contributed by atoms with Crippen LogP contribution in [0.5, 0.6) is 0 Å². The summed E-state index contributed by atoms with van der Waals surface area (Å²) in [6.07, 6.45) is -3.55. The van der Waals surface area contributed by atoms with Crippen molar-refractivity contribution in [3.05, 3.63) is 0 Å². The van der Waals surface area contributed by atoms with Gasteiger partial charge >= 0.3 is 12.2 Å². The van der Waals surface area contributed by atoms with Crippen molar-refractivity contribution in [3.63, 3.8) is 0 Å². The van der Waals surface area contributed by atoms with E-state index in [9.17, 15) is 14.7 Å². The largest absolute Gasteiger partial charge is 0.465 e. The minimum absolute atomic E-state index is 0.0413. The van der Waals surface area contributed by atoms with Gasteiger partial charge in [-0.2, -0.15) is 5.06 Å². The zero-order valence-corrected chi connectivity index (χ0v) is 7.61. The molecule has 0 aromatic carbocycles. The van der Waals surface area contributed by atoms with Gasteiger partial charge in [0.2, 0.25) is 0 Å². The summed E-state index contributed by atoms with van der Waals surface area (Å²) in [7, 11) is 0. The molecule has 0 aliphatic carbocycles. The molecule has 0 saturated carbocycles. The number of carbonyl (C=O) groups is 2. The van der Waals surface area contributed by atoms with Crippen LogP contribution in [0.4, 0.5) is 9.59 Å². The summed E-state index contributed by atoms with van der Waals surface area (Å²) in [5.74, 6) is 0. The quantitative estimate of drug-likeness (QED) is 0.481. The first kappa shape index (κ1) is 9.99. The van der Waals surface area contributed by atoms with E-state index in [1.807, 2.05) is 0 Å². The zero-order chi connectivity index (χ0) is 11.2. The van der Waals surface area contributed by atoms with E-state index in [0.717, 1.165) is 4.90 Å². The number of likely N-dealkylation sites (tertiary alicyclic amines) is 1. The highest BCUT2D eigenvalue weighted by atomic mass is 16.7. The second-order valence-corrected chi connectivity index (χ2v) is 3.46. The summed E-state index contributed by atoms with van der Waals surface area (Å²) in [6, 6.07) is -1.44. The molecule has 15 heavy (non-hydrogen) atoms. The predicted octanol–water partition coefficient (Wildman–Crippen LogP) is -0.997. The molecule has 2 rings (SSSR count). The average molecular weight is 218 g/mol. The van der Waals surface area contributed by atoms with E-state index in [1.165, 1.54) is 0 Å². The lowest BCUT2D eigenvalue weighted by Gasteiger charge is -2.19. The fraction of sp³-hybridized carbons (Fsp3) is 0.714. The van der Waals surface area contributed by atoms with Crippen LogP contribution in [0.2, 0.25) is 0 Å². The van der Waals surface area contributed by atoms with Crippen molar-refractivity contribution < 1.29 is 29.7 Å². The fourth-order valence-corrected chi connectivity index (χ4v) is 2.03. The van der Waals surface area contributed by atoms with Gasteiger partial charge in [-0.3, -0.25) is 9.74 Å². The van der Waals surface area contributed by atoms with E-state index >= 15 is 0 Å². The third-order valence-electron chi connectivity index (χ3n) is 2.66. The van der Waals surface area contributed by atoms with Crippen molar-refractivity contribution in [2.75, 3.05) is 13.2 Å². The van der Waals surface area contributed by atoms with Gasteiger partial charge in [-0.05, 0) is 0 Å². The van der Waals surface area contributed by atoms with Crippen LogP contribution in [0.25, 0.3) is 0 Å². The molecular formula is C7H10N2O6. The molecule has 0 aromatic rings. The summed E-state index contributed by atoms with van der Waals surface area (Å²) in [4.78, 5) is 27.2. The van der Waals surface area contributed by atoms with Crippen LogP contribution in [0.1, 0.15) is 0 Å². The molecule has 2 heterocycles. The lowest BCUT2D eigenvalue weighted by Crippen LogP contribution is -2.44. The maximum Gasteiger partial charge on any atom is 0.431 e.